The Bertz CT molecular complexity index is 392. The Morgan fingerprint density at radius 3 is 2.73 bits per heavy atom. The van der Waals surface area contributed by atoms with Crippen molar-refractivity contribution >= 4 is 5.97 Å². The van der Waals surface area contributed by atoms with Gasteiger partial charge in [0.2, 0.25) is 0 Å². The summed E-state index contributed by atoms with van der Waals surface area (Å²) < 4.78 is 13.2. The molecule has 15 heavy (non-hydrogen) atoms. The van der Waals surface area contributed by atoms with Crippen molar-refractivity contribution in [2.24, 2.45) is 5.73 Å². The van der Waals surface area contributed by atoms with E-state index in [0.29, 0.717) is 5.56 Å². The van der Waals surface area contributed by atoms with Gasteiger partial charge >= 0.3 is 5.97 Å². The molecule has 0 saturated carbocycles. The molecule has 0 saturated heterocycles. The van der Waals surface area contributed by atoms with Gasteiger partial charge in [-0.3, -0.25) is 4.79 Å². The number of hydrogen-bond donors (Lipinski definition) is 3. The van der Waals surface area contributed by atoms with Crippen LogP contribution in [0.1, 0.15) is 11.1 Å². The van der Waals surface area contributed by atoms with Crippen molar-refractivity contribution in [2.75, 3.05) is 0 Å². The molecule has 1 rings (SSSR count). The number of phenols is 1. The number of phenolic OH excluding ortho intramolecular Hbond substituents is 1. The van der Waals surface area contributed by atoms with E-state index in [9.17, 15) is 9.18 Å². The minimum atomic E-state index is -1.14. The van der Waals surface area contributed by atoms with Gasteiger partial charge in [0.05, 0.1) is 0 Å². The molecule has 0 aromatic heterocycles. The quantitative estimate of drug-likeness (QED) is 0.693. The largest absolute Gasteiger partial charge is 0.505 e. The molecule has 4 N–H and O–H groups in total. The highest BCUT2D eigenvalue weighted by molar-refractivity contribution is 5.73. The lowest BCUT2D eigenvalue weighted by molar-refractivity contribution is -0.138. The molecule has 4 nitrogen and oxygen atoms in total. The normalized spacial score (nSPS) is 12.5. The Kier molecular flexibility index (Phi) is 3.26. The van der Waals surface area contributed by atoms with E-state index >= 15 is 0 Å². The zero-order chi connectivity index (χ0) is 11.6. The van der Waals surface area contributed by atoms with Crippen LogP contribution in [0.15, 0.2) is 12.1 Å². The molecular formula is C10H12FNO3. The number of halogens is 1. The minimum Gasteiger partial charge on any atom is -0.505 e. The first-order valence-corrected chi connectivity index (χ1v) is 4.38. The molecule has 0 aliphatic heterocycles. The van der Waals surface area contributed by atoms with Crippen molar-refractivity contribution in [1.29, 1.82) is 0 Å². The number of carbonyl (C=O) groups is 1. The molecule has 0 fully saturated rings. The fourth-order valence-corrected chi connectivity index (χ4v) is 1.26. The molecule has 0 amide bonds. The topological polar surface area (TPSA) is 83.6 Å². The third-order valence-electron chi connectivity index (χ3n) is 2.24. The highest BCUT2D eigenvalue weighted by atomic mass is 19.1. The predicted octanol–water partition coefficient (Wildman–Crippen LogP) is 0.794. The van der Waals surface area contributed by atoms with Crippen molar-refractivity contribution in [3.05, 3.63) is 29.1 Å². The van der Waals surface area contributed by atoms with Gasteiger partial charge in [-0.2, -0.15) is 0 Å². The van der Waals surface area contributed by atoms with Crippen LogP contribution in [0, 0.1) is 12.7 Å². The summed E-state index contributed by atoms with van der Waals surface area (Å²) in [6, 6.07) is 1.59. The molecule has 82 valence electrons. The third kappa shape index (κ3) is 2.44. The van der Waals surface area contributed by atoms with Crippen molar-refractivity contribution in [3.8, 4) is 5.75 Å². The summed E-state index contributed by atoms with van der Waals surface area (Å²) in [6.07, 6.45) is 0.0400. The highest BCUT2D eigenvalue weighted by Gasteiger charge is 2.16. The number of benzene rings is 1. The van der Waals surface area contributed by atoms with Gasteiger partial charge in [0.15, 0.2) is 11.6 Å². The highest BCUT2D eigenvalue weighted by Crippen LogP contribution is 2.22. The van der Waals surface area contributed by atoms with Crippen LogP contribution in [0.4, 0.5) is 4.39 Å². The van der Waals surface area contributed by atoms with Crippen LogP contribution < -0.4 is 5.73 Å². The second-order valence-electron chi connectivity index (χ2n) is 3.33. The van der Waals surface area contributed by atoms with Crippen molar-refractivity contribution in [2.45, 2.75) is 19.4 Å². The summed E-state index contributed by atoms with van der Waals surface area (Å²) in [5.74, 6) is -2.31. The average Bonchev–Trinajstić information content (AvgIpc) is 2.18. The Morgan fingerprint density at radius 2 is 2.20 bits per heavy atom. The van der Waals surface area contributed by atoms with E-state index in [0.717, 1.165) is 0 Å². The van der Waals surface area contributed by atoms with E-state index in [1.54, 1.807) is 0 Å². The molecule has 1 unspecified atom stereocenters. The zero-order valence-electron chi connectivity index (χ0n) is 8.20. The second-order valence-corrected chi connectivity index (χ2v) is 3.33. The summed E-state index contributed by atoms with van der Waals surface area (Å²) >= 11 is 0. The third-order valence-corrected chi connectivity index (χ3v) is 2.24. The van der Waals surface area contributed by atoms with Gasteiger partial charge in [0.1, 0.15) is 6.04 Å². The molecule has 5 heteroatoms. The van der Waals surface area contributed by atoms with E-state index in [-0.39, 0.29) is 12.0 Å². The maximum atomic E-state index is 13.2. The molecule has 0 heterocycles. The minimum absolute atomic E-state index is 0.0400. The van der Waals surface area contributed by atoms with E-state index in [2.05, 4.69) is 0 Å². The predicted molar refractivity (Wildman–Crippen MR) is 52.1 cm³/mol. The first-order valence-electron chi connectivity index (χ1n) is 4.38. The van der Waals surface area contributed by atoms with Crippen molar-refractivity contribution in [3.63, 3.8) is 0 Å². The van der Waals surface area contributed by atoms with Crippen molar-refractivity contribution < 1.29 is 19.4 Å². The van der Waals surface area contributed by atoms with Crippen molar-refractivity contribution in [1.82, 2.24) is 0 Å². The summed E-state index contributed by atoms with van der Waals surface area (Å²) in [6.45, 7) is 1.47. The Balaban J connectivity index is 2.97. The number of carboxylic acid groups (broad SMARTS) is 1. The number of rotatable bonds is 3. The smallest absolute Gasteiger partial charge is 0.320 e. The lowest BCUT2D eigenvalue weighted by atomic mass is 10.0. The van der Waals surface area contributed by atoms with E-state index in [1.165, 1.54) is 19.1 Å². The van der Waals surface area contributed by atoms with Crippen LogP contribution in [0.5, 0.6) is 5.75 Å². The van der Waals surface area contributed by atoms with Gasteiger partial charge in [-0.1, -0.05) is 6.07 Å². The lowest BCUT2D eigenvalue weighted by Gasteiger charge is -2.10. The van der Waals surface area contributed by atoms with Gasteiger partial charge in [-0.15, -0.1) is 0 Å². The van der Waals surface area contributed by atoms with E-state index < -0.39 is 23.6 Å². The molecule has 0 bridgehead atoms. The van der Waals surface area contributed by atoms with Crippen LogP contribution >= 0.6 is 0 Å². The lowest BCUT2D eigenvalue weighted by Crippen LogP contribution is -2.32. The summed E-state index contributed by atoms with van der Waals surface area (Å²) in [4.78, 5) is 10.5. The number of aromatic hydroxyl groups is 1. The molecule has 1 aromatic rings. The van der Waals surface area contributed by atoms with Crippen LogP contribution in [0.3, 0.4) is 0 Å². The SMILES string of the molecule is Cc1c(CC(N)C(=O)O)ccc(O)c1F. The van der Waals surface area contributed by atoms with Crippen LogP contribution in [-0.4, -0.2) is 22.2 Å². The molecule has 1 aromatic carbocycles. The number of aliphatic carboxylic acids is 1. The second kappa shape index (κ2) is 4.27. The number of carboxylic acids is 1. The van der Waals surface area contributed by atoms with Gasteiger partial charge < -0.3 is 15.9 Å². The summed E-state index contributed by atoms with van der Waals surface area (Å²) in [5.41, 5.74) is 6.04. The number of nitrogens with two attached hydrogens (primary N) is 1. The van der Waals surface area contributed by atoms with Gasteiger partial charge in [0, 0.05) is 0 Å². The molecule has 1 atom stereocenters. The van der Waals surface area contributed by atoms with E-state index in [4.69, 9.17) is 15.9 Å². The summed E-state index contributed by atoms with van der Waals surface area (Å²) in [7, 11) is 0. The van der Waals surface area contributed by atoms with Crippen LogP contribution in [0.2, 0.25) is 0 Å². The maximum Gasteiger partial charge on any atom is 0.320 e. The molecule has 0 radical (unpaired) electrons. The number of hydrogen-bond acceptors (Lipinski definition) is 3. The average molecular weight is 213 g/mol. The molecule has 0 spiro atoms. The molecule has 0 aliphatic rings. The maximum absolute atomic E-state index is 13.2. The fraction of sp³-hybridized carbons (Fsp3) is 0.300. The van der Waals surface area contributed by atoms with Crippen LogP contribution in [0.25, 0.3) is 0 Å². The van der Waals surface area contributed by atoms with Gasteiger partial charge in [-0.05, 0) is 30.5 Å². The zero-order valence-corrected chi connectivity index (χ0v) is 8.20. The first kappa shape index (κ1) is 11.5. The molecule has 0 aliphatic carbocycles. The van der Waals surface area contributed by atoms with Gasteiger partial charge in [0.25, 0.3) is 0 Å². The monoisotopic (exact) mass is 213 g/mol. The summed E-state index contributed by atoms with van der Waals surface area (Å²) in [5, 5.41) is 17.6. The fourth-order valence-electron chi connectivity index (χ4n) is 1.26. The Hall–Kier alpha value is -1.62. The van der Waals surface area contributed by atoms with E-state index in [1.807, 2.05) is 0 Å². The Morgan fingerprint density at radius 1 is 1.60 bits per heavy atom. The van der Waals surface area contributed by atoms with Gasteiger partial charge in [-0.25, -0.2) is 4.39 Å². The molecular weight excluding hydrogens is 201 g/mol. The first-order chi connectivity index (χ1) is 6.93. The Labute approximate surface area is 86.1 Å². The standard InChI is InChI=1S/C10H12FNO3/c1-5-6(4-7(12)10(14)15)2-3-8(13)9(5)11/h2-3,7,13H,4,12H2,1H3,(H,14,15). The van der Waals surface area contributed by atoms with Crippen LogP contribution in [-0.2, 0) is 11.2 Å².